The van der Waals surface area contributed by atoms with E-state index in [4.69, 9.17) is 0 Å². The van der Waals surface area contributed by atoms with Gasteiger partial charge >= 0.3 is 0 Å². The van der Waals surface area contributed by atoms with E-state index in [1.807, 2.05) is 0 Å². The molecule has 0 aliphatic carbocycles. The first-order valence-corrected chi connectivity index (χ1v) is 7.50. The van der Waals surface area contributed by atoms with Crippen LogP contribution in [0.2, 0.25) is 0 Å². The van der Waals surface area contributed by atoms with Crippen molar-refractivity contribution < 1.29 is 5.11 Å². The molecule has 0 saturated carbocycles. The molecule has 1 heterocycles. The Morgan fingerprint density at radius 2 is 1.79 bits per heavy atom. The van der Waals surface area contributed by atoms with Gasteiger partial charge in [0.1, 0.15) is 0 Å². The smallest absolute Gasteiger partial charge is 0.0917 e. The summed E-state index contributed by atoms with van der Waals surface area (Å²) in [5, 5.41) is 10.5. The van der Waals surface area contributed by atoms with Crippen LogP contribution in [0.15, 0.2) is 18.2 Å². The Bertz CT molecular complexity index is 419. The van der Waals surface area contributed by atoms with Crippen molar-refractivity contribution in [2.45, 2.75) is 65.1 Å². The summed E-state index contributed by atoms with van der Waals surface area (Å²) in [6.07, 6.45) is 3.45. The second-order valence-electron chi connectivity index (χ2n) is 6.19. The molecule has 2 heteroatoms. The third-order valence-electron chi connectivity index (χ3n) is 4.68. The Balaban J connectivity index is 2.07. The van der Waals surface area contributed by atoms with Gasteiger partial charge in [-0.3, -0.25) is 4.90 Å². The number of β-amino-alcohol motifs (C(OH)–C–C–N with tert-alkyl or cyclic N) is 1. The van der Waals surface area contributed by atoms with Gasteiger partial charge < -0.3 is 5.11 Å². The third-order valence-corrected chi connectivity index (χ3v) is 4.68. The van der Waals surface area contributed by atoms with Gasteiger partial charge in [-0.05, 0) is 57.2 Å². The van der Waals surface area contributed by atoms with E-state index in [0.717, 1.165) is 12.1 Å². The van der Waals surface area contributed by atoms with Gasteiger partial charge in [0, 0.05) is 18.6 Å². The van der Waals surface area contributed by atoms with E-state index < -0.39 is 0 Å². The van der Waals surface area contributed by atoms with Crippen molar-refractivity contribution in [2.75, 3.05) is 6.54 Å². The summed E-state index contributed by atoms with van der Waals surface area (Å²) in [7, 11) is 0. The van der Waals surface area contributed by atoms with E-state index in [2.05, 4.69) is 50.8 Å². The molecule has 0 bridgehead atoms. The quantitative estimate of drug-likeness (QED) is 0.898. The molecule has 0 aromatic heterocycles. The molecule has 1 aliphatic rings. The lowest BCUT2D eigenvalue weighted by molar-refractivity contribution is 0.0411. The van der Waals surface area contributed by atoms with E-state index in [1.165, 1.54) is 30.4 Å². The summed E-state index contributed by atoms with van der Waals surface area (Å²) in [5.41, 5.74) is 3.60. The van der Waals surface area contributed by atoms with Crippen molar-refractivity contribution in [3.05, 3.63) is 34.9 Å². The number of piperidine rings is 1. The zero-order valence-corrected chi connectivity index (χ0v) is 12.7. The highest BCUT2D eigenvalue weighted by atomic mass is 16.3. The Hall–Kier alpha value is -0.860. The fraction of sp³-hybridized carbons (Fsp3) is 0.647. The highest BCUT2D eigenvalue weighted by Gasteiger charge is 2.26. The maximum atomic E-state index is 10.5. The number of hydrogen-bond acceptors (Lipinski definition) is 2. The fourth-order valence-corrected chi connectivity index (χ4v) is 3.11. The lowest BCUT2D eigenvalue weighted by Crippen LogP contribution is -2.45. The van der Waals surface area contributed by atoms with Crippen LogP contribution in [0, 0.1) is 13.8 Å². The molecule has 2 nitrogen and oxygen atoms in total. The summed E-state index contributed by atoms with van der Waals surface area (Å²) < 4.78 is 0. The fourth-order valence-electron chi connectivity index (χ4n) is 3.11. The zero-order valence-electron chi connectivity index (χ0n) is 12.7. The lowest BCUT2D eigenvalue weighted by atomic mass is 9.95. The average Bonchev–Trinajstić information content (AvgIpc) is 2.37. The van der Waals surface area contributed by atoms with Crippen LogP contribution in [0.4, 0.5) is 0 Å². The molecule has 0 spiro atoms. The first kappa shape index (κ1) is 14.5. The van der Waals surface area contributed by atoms with Crippen molar-refractivity contribution in [3.63, 3.8) is 0 Å². The van der Waals surface area contributed by atoms with E-state index >= 15 is 0 Å². The average molecular weight is 261 g/mol. The second-order valence-corrected chi connectivity index (χ2v) is 6.19. The Labute approximate surface area is 117 Å². The standard InChI is InChI=1S/C17H27NO/c1-12-8-9-16(10-13(12)2)17(19)11-18-14(3)6-5-7-15(18)4/h8-10,14-15,17,19H,5-7,11H2,1-4H3/t14-,15+,17?. The molecule has 1 saturated heterocycles. The van der Waals surface area contributed by atoms with E-state index in [9.17, 15) is 5.11 Å². The van der Waals surface area contributed by atoms with E-state index in [0.29, 0.717) is 12.1 Å². The summed E-state index contributed by atoms with van der Waals surface area (Å²) in [5.74, 6) is 0. The Morgan fingerprint density at radius 3 is 2.37 bits per heavy atom. The Kier molecular flexibility index (Phi) is 4.64. The largest absolute Gasteiger partial charge is 0.387 e. The van der Waals surface area contributed by atoms with Gasteiger partial charge in [-0.2, -0.15) is 0 Å². The maximum absolute atomic E-state index is 10.5. The molecular weight excluding hydrogens is 234 g/mol. The van der Waals surface area contributed by atoms with Gasteiger partial charge in [-0.25, -0.2) is 0 Å². The SMILES string of the molecule is Cc1ccc(C(O)CN2[C@H](C)CCC[C@@H]2C)cc1C. The molecule has 19 heavy (non-hydrogen) atoms. The van der Waals surface area contributed by atoms with Crippen molar-refractivity contribution in [1.82, 2.24) is 4.90 Å². The van der Waals surface area contributed by atoms with Gasteiger partial charge in [0.05, 0.1) is 6.10 Å². The number of aliphatic hydroxyl groups is 1. The topological polar surface area (TPSA) is 23.5 Å². The van der Waals surface area contributed by atoms with Crippen molar-refractivity contribution in [3.8, 4) is 0 Å². The number of nitrogens with zero attached hydrogens (tertiary/aromatic N) is 1. The molecule has 1 aliphatic heterocycles. The van der Waals surface area contributed by atoms with Gasteiger partial charge in [0.25, 0.3) is 0 Å². The number of rotatable bonds is 3. The van der Waals surface area contributed by atoms with Crippen molar-refractivity contribution in [2.24, 2.45) is 0 Å². The molecular formula is C17H27NO. The van der Waals surface area contributed by atoms with Crippen LogP contribution in [-0.4, -0.2) is 28.6 Å². The first-order valence-electron chi connectivity index (χ1n) is 7.50. The van der Waals surface area contributed by atoms with Crippen LogP contribution in [0.1, 0.15) is 55.9 Å². The van der Waals surface area contributed by atoms with Crippen LogP contribution in [0.5, 0.6) is 0 Å². The van der Waals surface area contributed by atoms with Crippen molar-refractivity contribution in [1.29, 1.82) is 0 Å². The molecule has 1 aromatic carbocycles. The van der Waals surface area contributed by atoms with Crippen molar-refractivity contribution >= 4 is 0 Å². The number of aryl methyl sites for hydroxylation is 2. The maximum Gasteiger partial charge on any atom is 0.0917 e. The predicted molar refractivity (Wildman–Crippen MR) is 80.4 cm³/mol. The van der Waals surface area contributed by atoms with Gasteiger partial charge in [0.2, 0.25) is 0 Å². The second kappa shape index (κ2) is 6.06. The minimum absolute atomic E-state index is 0.373. The number of hydrogen-bond donors (Lipinski definition) is 1. The molecule has 2 rings (SSSR count). The molecule has 106 valence electrons. The lowest BCUT2D eigenvalue weighted by Gasteiger charge is -2.40. The van der Waals surface area contributed by atoms with Gasteiger partial charge in [-0.1, -0.05) is 24.6 Å². The molecule has 0 radical (unpaired) electrons. The molecule has 3 atom stereocenters. The highest BCUT2D eigenvalue weighted by Crippen LogP contribution is 2.26. The molecule has 1 aromatic rings. The molecule has 1 N–H and O–H groups in total. The van der Waals surface area contributed by atoms with Crippen LogP contribution < -0.4 is 0 Å². The highest BCUT2D eigenvalue weighted by molar-refractivity contribution is 5.31. The van der Waals surface area contributed by atoms with Crippen LogP contribution >= 0.6 is 0 Å². The Morgan fingerprint density at radius 1 is 1.16 bits per heavy atom. The number of likely N-dealkylation sites (tertiary alicyclic amines) is 1. The van der Waals surface area contributed by atoms with Crippen LogP contribution in [0.25, 0.3) is 0 Å². The number of benzene rings is 1. The summed E-state index contributed by atoms with van der Waals surface area (Å²) in [6, 6.07) is 7.47. The summed E-state index contributed by atoms with van der Waals surface area (Å²) >= 11 is 0. The molecule has 1 fully saturated rings. The molecule has 0 amide bonds. The minimum atomic E-state index is -0.373. The predicted octanol–water partition coefficient (Wildman–Crippen LogP) is 3.60. The van der Waals surface area contributed by atoms with E-state index in [1.54, 1.807) is 0 Å². The summed E-state index contributed by atoms with van der Waals surface area (Å²) in [4.78, 5) is 2.46. The monoisotopic (exact) mass is 261 g/mol. The first-order chi connectivity index (χ1) is 8.99. The number of aliphatic hydroxyl groups excluding tert-OH is 1. The van der Waals surface area contributed by atoms with Crippen LogP contribution in [-0.2, 0) is 0 Å². The van der Waals surface area contributed by atoms with Gasteiger partial charge in [-0.15, -0.1) is 0 Å². The van der Waals surface area contributed by atoms with E-state index in [-0.39, 0.29) is 6.10 Å². The minimum Gasteiger partial charge on any atom is -0.387 e. The summed E-state index contributed by atoms with van der Waals surface area (Å²) in [6.45, 7) is 9.54. The molecule has 1 unspecified atom stereocenters. The normalized spacial score (nSPS) is 26.4. The third kappa shape index (κ3) is 3.37. The van der Waals surface area contributed by atoms with Crippen LogP contribution in [0.3, 0.4) is 0 Å². The van der Waals surface area contributed by atoms with Gasteiger partial charge in [0.15, 0.2) is 0 Å². The zero-order chi connectivity index (χ0) is 14.0.